The Hall–Kier alpha value is -4.20. The van der Waals surface area contributed by atoms with Crippen LogP contribution in [0.25, 0.3) is 10.8 Å². The number of methoxy groups -OCH3 is 1. The normalized spacial score (nSPS) is 19.7. The number of fused-ring (bicyclic) bond motifs is 1. The largest absolute Gasteiger partial charge is 0.497 e. The number of imide groups is 1. The molecular formula is C28H28N4O4. The van der Waals surface area contributed by atoms with Crippen LogP contribution in [0.15, 0.2) is 71.8 Å². The standard InChI is InChI=1S/C28H28N4O4/c1-17(2)26-27(34)31(28(35)29-26)16-25(33)32-24(19-10-12-22(36-3)13-11-19)15-23(30-32)21-9-8-18-6-4-5-7-20(18)14-21/h4-14,17,24,26H,15-16H2,1-3H3,(H,29,35). The first-order chi connectivity index (χ1) is 17.4. The highest BCUT2D eigenvalue weighted by atomic mass is 16.5. The molecule has 1 fully saturated rings. The predicted octanol–water partition coefficient (Wildman–Crippen LogP) is 4.10. The van der Waals surface area contributed by atoms with Crippen LogP contribution in [0.2, 0.25) is 0 Å². The number of urea groups is 1. The van der Waals surface area contributed by atoms with Gasteiger partial charge in [0.1, 0.15) is 18.3 Å². The second-order valence-electron chi connectivity index (χ2n) is 9.44. The van der Waals surface area contributed by atoms with E-state index < -0.39 is 18.0 Å². The van der Waals surface area contributed by atoms with Gasteiger partial charge < -0.3 is 10.1 Å². The summed E-state index contributed by atoms with van der Waals surface area (Å²) < 4.78 is 5.28. The van der Waals surface area contributed by atoms with Gasteiger partial charge in [-0.2, -0.15) is 5.10 Å². The number of hydrogen-bond donors (Lipinski definition) is 1. The van der Waals surface area contributed by atoms with Crippen LogP contribution in [0.4, 0.5) is 4.79 Å². The molecule has 0 aliphatic carbocycles. The number of rotatable bonds is 6. The molecule has 8 heteroatoms. The number of nitrogens with one attached hydrogen (secondary N) is 1. The van der Waals surface area contributed by atoms with Crippen LogP contribution in [0.3, 0.4) is 0 Å². The minimum Gasteiger partial charge on any atom is -0.497 e. The first-order valence-electron chi connectivity index (χ1n) is 12.0. The first kappa shape index (κ1) is 23.5. The zero-order valence-electron chi connectivity index (χ0n) is 20.5. The Kier molecular flexibility index (Phi) is 6.18. The lowest BCUT2D eigenvalue weighted by atomic mass is 9.97. The second-order valence-corrected chi connectivity index (χ2v) is 9.44. The van der Waals surface area contributed by atoms with Crippen molar-refractivity contribution >= 4 is 34.3 Å². The van der Waals surface area contributed by atoms with E-state index in [4.69, 9.17) is 9.84 Å². The summed E-state index contributed by atoms with van der Waals surface area (Å²) in [6.45, 7) is 3.35. The van der Waals surface area contributed by atoms with Crippen molar-refractivity contribution in [1.82, 2.24) is 15.2 Å². The van der Waals surface area contributed by atoms with Crippen molar-refractivity contribution in [3.63, 3.8) is 0 Å². The Bertz CT molecular complexity index is 1370. The van der Waals surface area contributed by atoms with Gasteiger partial charge in [0.05, 0.1) is 18.9 Å². The Morgan fingerprint density at radius 1 is 1.06 bits per heavy atom. The molecule has 2 atom stereocenters. The average molecular weight is 485 g/mol. The summed E-state index contributed by atoms with van der Waals surface area (Å²) in [5.74, 6) is -0.163. The van der Waals surface area contributed by atoms with E-state index in [2.05, 4.69) is 11.4 Å². The molecule has 2 aliphatic heterocycles. The van der Waals surface area contributed by atoms with Gasteiger partial charge in [-0.3, -0.25) is 14.5 Å². The topological polar surface area (TPSA) is 91.3 Å². The summed E-state index contributed by atoms with van der Waals surface area (Å²) in [6, 6.07) is 20.1. The van der Waals surface area contributed by atoms with Crippen molar-refractivity contribution in [2.75, 3.05) is 13.7 Å². The molecule has 184 valence electrons. The van der Waals surface area contributed by atoms with Crippen LogP contribution in [-0.2, 0) is 9.59 Å². The molecule has 0 aromatic heterocycles. The van der Waals surface area contributed by atoms with Gasteiger partial charge in [0.15, 0.2) is 0 Å². The van der Waals surface area contributed by atoms with Gasteiger partial charge in [-0.25, -0.2) is 9.80 Å². The molecule has 1 N–H and O–H groups in total. The SMILES string of the molecule is COc1ccc(C2CC(c3ccc4ccccc4c3)=NN2C(=O)CN2C(=O)NC(C(C)C)C2=O)cc1. The smallest absolute Gasteiger partial charge is 0.325 e. The van der Waals surface area contributed by atoms with Gasteiger partial charge in [0.2, 0.25) is 0 Å². The minimum atomic E-state index is -0.627. The van der Waals surface area contributed by atoms with Crippen LogP contribution < -0.4 is 10.1 Å². The lowest BCUT2D eigenvalue weighted by molar-refractivity contribution is -0.138. The van der Waals surface area contributed by atoms with E-state index in [0.29, 0.717) is 12.2 Å². The van der Waals surface area contributed by atoms with E-state index in [9.17, 15) is 14.4 Å². The molecule has 2 heterocycles. The summed E-state index contributed by atoms with van der Waals surface area (Å²) in [5.41, 5.74) is 2.59. The van der Waals surface area contributed by atoms with E-state index in [1.54, 1.807) is 7.11 Å². The van der Waals surface area contributed by atoms with E-state index >= 15 is 0 Å². The van der Waals surface area contributed by atoms with E-state index in [1.165, 1.54) is 5.01 Å². The predicted molar refractivity (Wildman–Crippen MR) is 137 cm³/mol. The van der Waals surface area contributed by atoms with Crippen molar-refractivity contribution in [1.29, 1.82) is 0 Å². The van der Waals surface area contributed by atoms with Crippen molar-refractivity contribution < 1.29 is 19.1 Å². The van der Waals surface area contributed by atoms with E-state index in [0.717, 1.165) is 32.5 Å². The third-order valence-electron chi connectivity index (χ3n) is 6.77. The summed E-state index contributed by atoms with van der Waals surface area (Å²) >= 11 is 0. The summed E-state index contributed by atoms with van der Waals surface area (Å²) in [7, 11) is 1.60. The fraction of sp³-hybridized carbons (Fsp3) is 0.286. The number of hydrazone groups is 1. The average Bonchev–Trinajstić information content (AvgIpc) is 3.46. The lowest BCUT2D eigenvalue weighted by Crippen LogP contribution is -2.42. The van der Waals surface area contributed by atoms with E-state index in [1.807, 2.05) is 74.5 Å². The third-order valence-corrected chi connectivity index (χ3v) is 6.77. The molecule has 0 saturated carbocycles. The molecule has 2 aliphatic rings. The molecular weight excluding hydrogens is 456 g/mol. The molecule has 2 unspecified atom stereocenters. The molecule has 0 radical (unpaired) electrons. The van der Waals surface area contributed by atoms with Gasteiger partial charge in [0.25, 0.3) is 11.8 Å². The molecule has 3 aromatic rings. The second kappa shape index (κ2) is 9.45. The quantitative estimate of drug-likeness (QED) is 0.533. The maximum atomic E-state index is 13.5. The molecule has 36 heavy (non-hydrogen) atoms. The molecule has 0 spiro atoms. The molecule has 4 amide bonds. The van der Waals surface area contributed by atoms with E-state index in [-0.39, 0.29) is 24.4 Å². The zero-order chi connectivity index (χ0) is 25.4. The highest BCUT2D eigenvalue weighted by molar-refractivity contribution is 6.08. The van der Waals surface area contributed by atoms with Crippen LogP contribution in [0.1, 0.15) is 37.4 Å². The summed E-state index contributed by atoms with van der Waals surface area (Å²) in [4.78, 5) is 39.7. The zero-order valence-corrected chi connectivity index (χ0v) is 20.5. The molecule has 5 rings (SSSR count). The van der Waals surface area contributed by atoms with Gasteiger partial charge in [-0.05, 0) is 46.0 Å². The summed E-state index contributed by atoms with van der Waals surface area (Å²) in [5, 5.41) is 11.0. The minimum absolute atomic E-state index is 0.0714. The van der Waals surface area contributed by atoms with Gasteiger partial charge in [-0.15, -0.1) is 0 Å². The number of ether oxygens (including phenoxy) is 1. The van der Waals surface area contributed by atoms with Crippen molar-refractivity contribution in [3.05, 3.63) is 77.9 Å². The highest BCUT2D eigenvalue weighted by Crippen LogP contribution is 2.34. The van der Waals surface area contributed by atoms with Gasteiger partial charge >= 0.3 is 6.03 Å². The number of carbonyl (C=O) groups excluding carboxylic acids is 3. The molecule has 8 nitrogen and oxygen atoms in total. The fourth-order valence-corrected chi connectivity index (χ4v) is 4.72. The third kappa shape index (κ3) is 4.30. The Labute approximate surface area is 209 Å². The maximum absolute atomic E-state index is 13.5. The summed E-state index contributed by atoms with van der Waals surface area (Å²) in [6.07, 6.45) is 0.505. The van der Waals surface area contributed by atoms with Crippen LogP contribution >= 0.6 is 0 Å². The van der Waals surface area contributed by atoms with Crippen molar-refractivity contribution in [2.24, 2.45) is 11.0 Å². The maximum Gasteiger partial charge on any atom is 0.325 e. The monoisotopic (exact) mass is 484 g/mol. The Morgan fingerprint density at radius 3 is 2.44 bits per heavy atom. The molecule has 0 bridgehead atoms. The number of nitrogens with zero attached hydrogens (tertiary/aromatic N) is 3. The van der Waals surface area contributed by atoms with Crippen LogP contribution in [0, 0.1) is 5.92 Å². The number of amides is 4. The van der Waals surface area contributed by atoms with Crippen molar-refractivity contribution in [3.8, 4) is 5.75 Å². The lowest BCUT2D eigenvalue weighted by Gasteiger charge is -2.24. The number of benzene rings is 3. The first-order valence-corrected chi connectivity index (χ1v) is 12.0. The van der Waals surface area contributed by atoms with Gasteiger partial charge in [-0.1, -0.05) is 62.4 Å². The van der Waals surface area contributed by atoms with Crippen LogP contribution in [-0.4, -0.2) is 53.2 Å². The molecule has 3 aromatic carbocycles. The fourth-order valence-electron chi connectivity index (χ4n) is 4.72. The number of hydrogen-bond acceptors (Lipinski definition) is 5. The van der Waals surface area contributed by atoms with Crippen LogP contribution in [0.5, 0.6) is 5.75 Å². The number of carbonyl (C=O) groups is 3. The Balaban J connectivity index is 1.46. The van der Waals surface area contributed by atoms with Gasteiger partial charge in [0, 0.05) is 6.42 Å². The highest BCUT2D eigenvalue weighted by Gasteiger charge is 2.42. The Morgan fingerprint density at radius 2 is 1.78 bits per heavy atom. The van der Waals surface area contributed by atoms with Crippen molar-refractivity contribution in [2.45, 2.75) is 32.4 Å². The molecule has 1 saturated heterocycles.